The molecule has 0 atom stereocenters. The average Bonchev–Trinajstić information content (AvgIpc) is 3.31. The first-order valence-electron chi connectivity index (χ1n) is 10.4. The third-order valence-electron chi connectivity index (χ3n) is 5.53. The van der Waals surface area contributed by atoms with Crippen LogP contribution in [0.25, 0.3) is 17.1 Å². The molecule has 0 N–H and O–H groups in total. The highest BCUT2D eigenvalue weighted by Gasteiger charge is 2.25. The standard InChI is InChI=1S/C25H23N5O/c31-25(29-17-15-28(16-18-29)23-13-7-8-14-26-23)22-19-30(21-11-5-2-6-12-21)24(27-22)20-9-3-1-4-10-20/h1-14,19H,15-18H2. The number of carbonyl (C=O) groups excluding carboxylic acids is 1. The molecule has 4 aromatic rings. The van der Waals surface area contributed by atoms with Crippen LogP contribution in [0, 0.1) is 0 Å². The molecule has 0 aliphatic carbocycles. The maximum absolute atomic E-state index is 13.3. The van der Waals surface area contributed by atoms with Gasteiger partial charge in [0.2, 0.25) is 0 Å². The van der Waals surface area contributed by atoms with Crippen LogP contribution in [-0.2, 0) is 0 Å². The fourth-order valence-corrected chi connectivity index (χ4v) is 3.90. The van der Waals surface area contributed by atoms with Crippen LogP contribution in [0.3, 0.4) is 0 Å². The molecule has 6 nitrogen and oxygen atoms in total. The lowest BCUT2D eigenvalue weighted by atomic mass is 10.2. The summed E-state index contributed by atoms with van der Waals surface area (Å²) in [6, 6.07) is 25.9. The fraction of sp³-hybridized carbons (Fsp3) is 0.160. The van der Waals surface area contributed by atoms with Gasteiger partial charge in [0.25, 0.3) is 5.91 Å². The summed E-state index contributed by atoms with van der Waals surface area (Å²) in [6.07, 6.45) is 3.65. The third-order valence-corrected chi connectivity index (χ3v) is 5.53. The molecule has 0 radical (unpaired) electrons. The Hall–Kier alpha value is -3.93. The van der Waals surface area contributed by atoms with Crippen molar-refractivity contribution in [1.82, 2.24) is 19.4 Å². The van der Waals surface area contributed by atoms with E-state index >= 15 is 0 Å². The predicted molar refractivity (Wildman–Crippen MR) is 121 cm³/mol. The lowest BCUT2D eigenvalue weighted by Crippen LogP contribution is -2.49. The van der Waals surface area contributed by atoms with Crippen LogP contribution in [0.1, 0.15) is 10.5 Å². The van der Waals surface area contributed by atoms with E-state index in [4.69, 9.17) is 4.98 Å². The number of nitrogens with zero attached hydrogens (tertiary/aromatic N) is 5. The molecule has 31 heavy (non-hydrogen) atoms. The number of para-hydroxylation sites is 1. The highest BCUT2D eigenvalue weighted by Crippen LogP contribution is 2.24. The highest BCUT2D eigenvalue weighted by molar-refractivity contribution is 5.93. The molecule has 1 aliphatic rings. The summed E-state index contributed by atoms with van der Waals surface area (Å²) in [5.74, 6) is 1.68. The van der Waals surface area contributed by atoms with Gasteiger partial charge in [0, 0.05) is 49.8 Å². The fourth-order valence-electron chi connectivity index (χ4n) is 3.90. The molecule has 1 amide bonds. The topological polar surface area (TPSA) is 54.3 Å². The zero-order chi connectivity index (χ0) is 21.0. The molecule has 6 heteroatoms. The number of piperazine rings is 1. The number of hydrogen-bond donors (Lipinski definition) is 0. The monoisotopic (exact) mass is 409 g/mol. The van der Waals surface area contributed by atoms with Crippen LogP contribution < -0.4 is 4.90 Å². The number of imidazole rings is 1. The third kappa shape index (κ3) is 3.92. The van der Waals surface area contributed by atoms with Gasteiger partial charge in [0.1, 0.15) is 17.3 Å². The molecule has 2 aromatic carbocycles. The zero-order valence-electron chi connectivity index (χ0n) is 17.1. The number of rotatable bonds is 4. The Morgan fingerprint density at radius 2 is 1.45 bits per heavy atom. The van der Waals surface area contributed by atoms with Crippen LogP contribution in [0.4, 0.5) is 5.82 Å². The average molecular weight is 409 g/mol. The lowest BCUT2D eigenvalue weighted by molar-refractivity contribution is 0.0741. The Bertz CT molecular complexity index is 1090. The second kappa shape index (κ2) is 8.44. The van der Waals surface area contributed by atoms with Crippen molar-refractivity contribution in [2.75, 3.05) is 31.1 Å². The number of pyridine rings is 1. The second-order valence-corrected chi connectivity index (χ2v) is 7.49. The minimum Gasteiger partial charge on any atom is -0.353 e. The van der Waals surface area contributed by atoms with Gasteiger partial charge in [0.15, 0.2) is 0 Å². The van der Waals surface area contributed by atoms with Crippen molar-refractivity contribution in [2.45, 2.75) is 0 Å². The quantitative estimate of drug-likeness (QED) is 0.513. The van der Waals surface area contributed by atoms with Crippen molar-refractivity contribution in [3.63, 3.8) is 0 Å². The number of anilines is 1. The normalized spacial score (nSPS) is 13.9. The number of carbonyl (C=O) groups is 1. The summed E-state index contributed by atoms with van der Waals surface area (Å²) in [6.45, 7) is 2.81. The van der Waals surface area contributed by atoms with Crippen LogP contribution in [0.15, 0.2) is 91.3 Å². The summed E-state index contributed by atoms with van der Waals surface area (Å²) in [5, 5.41) is 0. The van der Waals surface area contributed by atoms with Gasteiger partial charge in [-0.2, -0.15) is 0 Å². The van der Waals surface area contributed by atoms with Crippen molar-refractivity contribution in [3.05, 3.63) is 97.0 Å². The van der Waals surface area contributed by atoms with E-state index in [-0.39, 0.29) is 5.91 Å². The maximum atomic E-state index is 13.3. The Kier molecular flexibility index (Phi) is 5.19. The Balaban J connectivity index is 1.40. The van der Waals surface area contributed by atoms with E-state index in [9.17, 15) is 4.79 Å². The van der Waals surface area contributed by atoms with Crippen molar-refractivity contribution >= 4 is 11.7 Å². The second-order valence-electron chi connectivity index (χ2n) is 7.49. The summed E-state index contributed by atoms with van der Waals surface area (Å²) in [7, 11) is 0. The first-order valence-corrected chi connectivity index (χ1v) is 10.4. The predicted octanol–water partition coefficient (Wildman–Crippen LogP) is 3.90. The van der Waals surface area contributed by atoms with E-state index < -0.39 is 0 Å². The molecule has 2 aromatic heterocycles. The van der Waals surface area contributed by atoms with Crippen molar-refractivity contribution in [2.24, 2.45) is 0 Å². The molecular weight excluding hydrogens is 386 g/mol. The minimum atomic E-state index is -0.0347. The molecule has 1 aliphatic heterocycles. The first-order chi connectivity index (χ1) is 15.3. The van der Waals surface area contributed by atoms with Crippen LogP contribution in [0.5, 0.6) is 0 Å². The number of amides is 1. The summed E-state index contributed by atoms with van der Waals surface area (Å²) < 4.78 is 1.99. The van der Waals surface area contributed by atoms with Gasteiger partial charge in [-0.25, -0.2) is 9.97 Å². The molecular formula is C25H23N5O. The van der Waals surface area contributed by atoms with Gasteiger partial charge in [-0.1, -0.05) is 54.6 Å². The van der Waals surface area contributed by atoms with Gasteiger partial charge in [-0.3, -0.25) is 9.36 Å². The van der Waals surface area contributed by atoms with E-state index in [2.05, 4.69) is 9.88 Å². The molecule has 0 unspecified atom stereocenters. The molecule has 154 valence electrons. The van der Waals surface area contributed by atoms with E-state index in [1.54, 1.807) is 6.20 Å². The minimum absolute atomic E-state index is 0.0347. The van der Waals surface area contributed by atoms with Gasteiger partial charge in [0.05, 0.1) is 0 Å². The van der Waals surface area contributed by atoms with Gasteiger partial charge < -0.3 is 9.80 Å². The van der Waals surface area contributed by atoms with Crippen LogP contribution >= 0.6 is 0 Å². The number of hydrogen-bond acceptors (Lipinski definition) is 4. The van der Waals surface area contributed by atoms with E-state index in [1.807, 2.05) is 94.5 Å². The largest absolute Gasteiger partial charge is 0.353 e. The summed E-state index contributed by atoms with van der Waals surface area (Å²) in [4.78, 5) is 26.6. The maximum Gasteiger partial charge on any atom is 0.274 e. The van der Waals surface area contributed by atoms with E-state index in [0.29, 0.717) is 18.8 Å². The van der Waals surface area contributed by atoms with Crippen LogP contribution in [-0.4, -0.2) is 51.5 Å². The Morgan fingerprint density at radius 1 is 0.774 bits per heavy atom. The van der Waals surface area contributed by atoms with Gasteiger partial charge in [-0.05, 0) is 24.3 Å². The molecule has 5 rings (SSSR count). The summed E-state index contributed by atoms with van der Waals surface area (Å²) in [5.41, 5.74) is 2.42. The van der Waals surface area contributed by atoms with Crippen molar-refractivity contribution in [3.8, 4) is 17.1 Å². The molecule has 0 spiro atoms. The van der Waals surface area contributed by atoms with Gasteiger partial charge >= 0.3 is 0 Å². The smallest absolute Gasteiger partial charge is 0.274 e. The van der Waals surface area contributed by atoms with E-state index in [0.717, 1.165) is 36.0 Å². The lowest BCUT2D eigenvalue weighted by Gasteiger charge is -2.35. The Labute approximate surface area is 181 Å². The zero-order valence-corrected chi connectivity index (χ0v) is 17.1. The van der Waals surface area contributed by atoms with Gasteiger partial charge in [-0.15, -0.1) is 0 Å². The molecule has 0 saturated carbocycles. The molecule has 1 saturated heterocycles. The SMILES string of the molecule is O=C(c1cn(-c2ccccc2)c(-c2ccccc2)n1)N1CCN(c2ccccn2)CC1. The van der Waals surface area contributed by atoms with Crippen molar-refractivity contribution < 1.29 is 4.79 Å². The van der Waals surface area contributed by atoms with Crippen LogP contribution in [0.2, 0.25) is 0 Å². The van der Waals surface area contributed by atoms with E-state index in [1.165, 1.54) is 0 Å². The first kappa shape index (κ1) is 19.1. The summed E-state index contributed by atoms with van der Waals surface area (Å²) >= 11 is 0. The molecule has 0 bridgehead atoms. The molecule has 3 heterocycles. The Morgan fingerprint density at radius 3 is 2.13 bits per heavy atom. The van der Waals surface area contributed by atoms with Crippen molar-refractivity contribution in [1.29, 1.82) is 0 Å². The molecule has 1 fully saturated rings. The highest BCUT2D eigenvalue weighted by atomic mass is 16.2. The number of benzene rings is 2. The number of aromatic nitrogens is 3.